The smallest absolute Gasteiger partial charge is 0.277 e. The van der Waals surface area contributed by atoms with Gasteiger partial charge in [0.1, 0.15) is 5.41 Å². The predicted molar refractivity (Wildman–Crippen MR) is 67.7 cm³/mol. The quantitative estimate of drug-likeness (QED) is 0.782. The minimum Gasteiger partial charge on any atom is -0.277 e. The zero-order valence-electron chi connectivity index (χ0n) is 11.8. The second-order valence-corrected chi connectivity index (χ2v) is 6.00. The molecule has 0 aromatic rings. The third-order valence-corrected chi connectivity index (χ3v) is 3.39. The summed E-state index contributed by atoms with van der Waals surface area (Å²) in [5.74, 6) is -0.830. The molecule has 0 saturated carbocycles. The molecular weight excluding hydrogens is 232 g/mol. The highest BCUT2D eigenvalue weighted by Crippen LogP contribution is 2.33. The van der Waals surface area contributed by atoms with Gasteiger partial charge in [-0.2, -0.15) is 0 Å². The lowest BCUT2D eigenvalue weighted by molar-refractivity contribution is -0.152. The van der Waals surface area contributed by atoms with Crippen molar-refractivity contribution in [1.29, 1.82) is 0 Å². The number of rotatable bonds is 3. The summed E-state index contributed by atoms with van der Waals surface area (Å²) in [6, 6.07) is -0.600. The van der Waals surface area contributed by atoms with Crippen LogP contribution in [0.15, 0.2) is 0 Å². The lowest BCUT2D eigenvalue weighted by Crippen LogP contribution is -2.64. The number of hydrogen-bond acceptors (Lipinski definition) is 3. The first-order chi connectivity index (χ1) is 8.18. The van der Waals surface area contributed by atoms with Crippen molar-refractivity contribution in [1.82, 2.24) is 10.2 Å². The van der Waals surface area contributed by atoms with Crippen LogP contribution >= 0.6 is 0 Å². The lowest BCUT2D eigenvalue weighted by atomic mass is 9.78. The molecule has 1 fully saturated rings. The van der Waals surface area contributed by atoms with Crippen molar-refractivity contribution in [3.05, 3.63) is 0 Å². The first-order valence-corrected chi connectivity index (χ1v) is 6.35. The Hall–Kier alpha value is -1.39. The number of amides is 4. The van der Waals surface area contributed by atoms with Crippen molar-refractivity contribution >= 4 is 17.8 Å². The van der Waals surface area contributed by atoms with Crippen molar-refractivity contribution in [2.45, 2.75) is 47.5 Å². The van der Waals surface area contributed by atoms with E-state index in [1.54, 1.807) is 13.8 Å². The van der Waals surface area contributed by atoms with Crippen LogP contribution in [0.25, 0.3) is 0 Å². The molecular formula is C13H22N2O3. The molecule has 1 aliphatic heterocycles. The standard InChI is InChI=1S/C13H22N2O3/c1-6-13(7-2)9(16)14-11(18)15(10(13)17)8-12(3,4)5/h6-8H2,1-5H3,(H,14,16,18). The summed E-state index contributed by atoms with van der Waals surface area (Å²) >= 11 is 0. The van der Waals surface area contributed by atoms with Crippen molar-refractivity contribution in [2.75, 3.05) is 6.54 Å². The van der Waals surface area contributed by atoms with Gasteiger partial charge < -0.3 is 0 Å². The van der Waals surface area contributed by atoms with E-state index < -0.39 is 17.4 Å². The maximum atomic E-state index is 12.5. The fourth-order valence-electron chi connectivity index (χ4n) is 2.22. The number of hydrogen-bond donors (Lipinski definition) is 1. The van der Waals surface area contributed by atoms with Crippen LogP contribution in [0.3, 0.4) is 0 Å². The summed E-state index contributed by atoms with van der Waals surface area (Å²) in [7, 11) is 0. The molecule has 0 radical (unpaired) electrons. The molecule has 0 aliphatic carbocycles. The van der Waals surface area contributed by atoms with Crippen molar-refractivity contribution in [2.24, 2.45) is 10.8 Å². The van der Waals surface area contributed by atoms with E-state index >= 15 is 0 Å². The van der Waals surface area contributed by atoms with Crippen LogP contribution in [0.1, 0.15) is 47.5 Å². The first-order valence-electron chi connectivity index (χ1n) is 6.35. The molecule has 5 nitrogen and oxygen atoms in total. The Morgan fingerprint density at radius 3 is 2.00 bits per heavy atom. The third kappa shape index (κ3) is 2.40. The van der Waals surface area contributed by atoms with E-state index in [2.05, 4.69) is 5.32 Å². The summed E-state index contributed by atoms with van der Waals surface area (Å²) in [6.45, 7) is 9.75. The summed E-state index contributed by atoms with van der Waals surface area (Å²) in [6.07, 6.45) is 0.810. The van der Waals surface area contributed by atoms with Gasteiger partial charge >= 0.3 is 6.03 Å². The first kappa shape index (κ1) is 14.7. The van der Waals surface area contributed by atoms with Crippen molar-refractivity contribution < 1.29 is 14.4 Å². The molecule has 0 bridgehead atoms. The molecule has 1 N–H and O–H groups in total. The number of carbonyl (C=O) groups is 3. The van der Waals surface area contributed by atoms with Crippen LogP contribution in [0.5, 0.6) is 0 Å². The van der Waals surface area contributed by atoms with Crippen LogP contribution in [-0.2, 0) is 9.59 Å². The fourth-order valence-corrected chi connectivity index (χ4v) is 2.22. The van der Waals surface area contributed by atoms with E-state index in [9.17, 15) is 14.4 Å². The lowest BCUT2D eigenvalue weighted by Gasteiger charge is -2.40. The van der Waals surface area contributed by atoms with E-state index in [0.717, 1.165) is 0 Å². The molecule has 0 aromatic heterocycles. The average molecular weight is 254 g/mol. The number of imide groups is 2. The van der Waals surface area contributed by atoms with Gasteiger partial charge in [0.05, 0.1) is 0 Å². The van der Waals surface area contributed by atoms with Gasteiger partial charge in [-0.1, -0.05) is 34.6 Å². The zero-order chi connectivity index (χ0) is 14.1. The maximum Gasteiger partial charge on any atom is 0.330 e. The normalized spacial score (nSPS) is 20.1. The van der Waals surface area contributed by atoms with Gasteiger partial charge in [0.25, 0.3) is 0 Å². The number of barbiturate groups is 1. The summed E-state index contributed by atoms with van der Waals surface area (Å²) in [5.41, 5.74) is -1.28. The van der Waals surface area contributed by atoms with Crippen LogP contribution in [0, 0.1) is 10.8 Å². The van der Waals surface area contributed by atoms with Gasteiger partial charge in [-0.3, -0.25) is 19.8 Å². The molecule has 1 aliphatic rings. The number of nitrogens with zero attached hydrogens (tertiary/aromatic N) is 1. The van der Waals surface area contributed by atoms with Crippen LogP contribution in [0.4, 0.5) is 4.79 Å². The Balaban J connectivity index is 3.10. The van der Waals surface area contributed by atoms with Crippen molar-refractivity contribution in [3.63, 3.8) is 0 Å². The largest absolute Gasteiger partial charge is 0.330 e. The van der Waals surface area contributed by atoms with Gasteiger partial charge in [0.15, 0.2) is 0 Å². The number of nitrogens with one attached hydrogen (secondary N) is 1. The molecule has 102 valence electrons. The highest BCUT2D eigenvalue weighted by Gasteiger charge is 2.51. The summed E-state index contributed by atoms with van der Waals surface area (Å²) in [5, 5.41) is 2.30. The molecule has 5 heteroatoms. The predicted octanol–water partition coefficient (Wildman–Crippen LogP) is 1.92. The van der Waals surface area contributed by atoms with Gasteiger partial charge in [0, 0.05) is 6.54 Å². The number of carbonyl (C=O) groups excluding carboxylic acids is 3. The Labute approximate surface area is 108 Å². The van der Waals surface area contributed by atoms with E-state index in [1.807, 2.05) is 20.8 Å². The molecule has 1 heterocycles. The molecule has 4 amide bonds. The maximum absolute atomic E-state index is 12.5. The van der Waals surface area contributed by atoms with Gasteiger partial charge in [0.2, 0.25) is 11.8 Å². The SMILES string of the molecule is CCC1(CC)C(=O)NC(=O)N(CC(C)(C)C)C1=O. The minimum absolute atomic E-state index is 0.194. The topological polar surface area (TPSA) is 66.5 Å². The third-order valence-electron chi connectivity index (χ3n) is 3.39. The second kappa shape index (κ2) is 4.71. The Morgan fingerprint density at radius 1 is 1.11 bits per heavy atom. The summed E-state index contributed by atoms with van der Waals surface area (Å²) < 4.78 is 0. The summed E-state index contributed by atoms with van der Waals surface area (Å²) in [4.78, 5) is 37.3. The van der Waals surface area contributed by atoms with Crippen LogP contribution < -0.4 is 5.32 Å². The highest BCUT2D eigenvalue weighted by molar-refractivity contribution is 6.19. The van der Waals surface area contributed by atoms with E-state index in [4.69, 9.17) is 0 Å². The van der Waals surface area contributed by atoms with E-state index in [0.29, 0.717) is 19.4 Å². The van der Waals surface area contributed by atoms with E-state index in [1.165, 1.54) is 4.90 Å². The molecule has 0 atom stereocenters. The Bertz CT molecular complexity index is 378. The van der Waals surface area contributed by atoms with Crippen molar-refractivity contribution in [3.8, 4) is 0 Å². The molecule has 0 spiro atoms. The molecule has 1 rings (SSSR count). The Morgan fingerprint density at radius 2 is 1.61 bits per heavy atom. The molecule has 1 saturated heterocycles. The molecule has 0 unspecified atom stereocenters. The monoisotopic (exact) mass is 254 g/mol. The van der Waals surface area contributed by atoms with Gasteiger partial charge in [-0.25, -0.2) is 4.79 Å². The molecule has 18 heavy (non-hydrogen) atoms. The average Bonchev–Trinajstić information content (AvgIpc) is 2.25. The zero-order valence-corrected chi connectivity index (χ0v) is 11.8. The van der Waals surface area contributed by atoms with Crippen LogP contribution in [-0.4, -0.2) is 29.3 Å². The highest BCUT2D eigenvalue weighted by atomic mass is 16.2. The van der Waals surface area contributed by atoms with E-state index in [-0.39, 0.29) is 11.3 Å². The Kier molecular flexibility index (Phi) is 3.84. The van der Waals surface area contributed by atoms with Gasteiger partial charge in [-0.15, -0.1) is 0 Å². The van der Waals surface area contributed by atoms with Gasteiger partial charge in [-0.05, 0) is 18.3 Å². The van der Waals surface area contributed by atoms with Crippen LogP contribution in [0.2, 0.25) is 0 Å². The second-order valence-electron chi connectivity index (χ2n) is 6.00. The minimum atomic E-state index is -1.08. The fraction of sp³-hybridized carbons (Fsp3) is 0.769. The number of urea groups is 1. The molecule has 0 aromatic carbocycles.